The molecule has 0 N–H and O–H groups in total. The Kier molecular flexibility index (Phi) is 5.98. The van der Waals surface area contributed by atoms with Crippen molar-refractivity contribution in [2.24, 2.45) is 0 Å². The molecule has 0 radical (unpaired) electrons. The summed E-state index contributed by atoms with van der Waals surface area (Å²) >= 11 is 1.09. The lowest BCUT2D eigenvalue weighted by Crippen LogP contribution is -2.37. The van der Waals surface area contributed by atoms with Gasteiger partial charge in [-0.15, -0.1) is 11.8 Å². The van der Waals surface area contributed by atoms with Crippen molar-refractivity contribution in [3.8, 4) is 5.75 Å². The van der Waals surface area contributed by atoms with Gasteiger partial charge in [0.1, 0.15) is 17.7 Å². The molecule has 1 aromatic carbocycles. The van der Waals surface area contributed by atoms with Crippen LogP contribution in [-0.4, -0.2) is 48.5 Å². The third-order valence-electron chi connectivity index (χ3n) is 3.15. The molecule has 0 bridgehead atoms. The maximum atomic E-state index is 12.7. The Balaban J connectivity index is 2.18. The zero-order valence-electron chi connectivity index (χ0n) is 12.8. The minimum absolute atomic E-state index is 0.0348. The van der Waals surface area contributed by atoms with Crippen molar-refractivity contribution >= 4 is 23.6 Å². The van der Waals surface area contributed by atoms with E-state index in [0.29, 0.717) is 5.56 Å². The quantitative estimate of drug-likeness (QED) is 0.728. The molecule has 9 heteroatoms. The standard InChI is InChI=1S/C15H16F3NO4S/c1-2-22-13(21)7-23-11-6-4-3-5-10(11)14-19(9-15(16,17)18)12(20)8-24-14/h3-6,14H,2,7-9H2,1H3. The smallest absolute Gasteiger partial charge is 0.406 e. The number of halogens is 3. The van der Waals surface area contributed by atoms with Crippen molar-refractivity contribution in [1.29, 1.82) is 0 Å². The van der Waals surface area contributed by atoms with Crippen molar-refractivity contribution in [2.75, 3.05) is 25.5 Å². The molecule has 0 spiro atoms. The number of ether oxygens (including phenoxy) is 2. The Bertz CT molecular complexity index is 609. The molecule has 1 atom stereocenters. The second-order valence-corrected chi connectivity index (χ2v) is 6.00. The molecule has 1 aliphatic rings. The van der Waals surface area contributed by atoms with Gasteiger partial charge in [0.15, 0.2) is 6.61 Å². The van der Waals surface area contributed by atoms with E-state index in [4.69, 9.17) is 9.47 Å². The molecule has 2 rings (SSSR count). The molecular weight excluding hydrogens is 347 g/mol. The van der Waals surface area contributed by atoms with Gasteiger partial charge in [-0.1, -0.05) is 18.2 Å². The monoisotopic (exact) mass is 363 g/mol. The van der Waals surface area contributed by atoms with Crippen LogP contribution < -0.4 is 4.74 Å². The minimum Gasteiger partial charge on any atom is -0.482 e. The van der Waals surface area contributed by atoms with Crippen molar-refractivity contribution in [1.82, 2.24) is 4.90 Å². The van der Waals surface area contributed by atoms with Crippen LogP contribution in [0.25, 0.3) is 0 Å². The first-order valence-electron chi connectivity index (χ1n) is 7.17. The fourth-order valence-corrected chi connectivity index (χ4v) is 3.44. The predicted octanol–water partition coefficient (Wildman–Crippen LogP) is 2.76. The van der Waals surface area contributed by atoms with Gasteiger partial charge in [-0.05, 0) is 13.0 Å². The molecule has 1 aromatic rings. The van der Waals surface area contributed by atoms with Crippen LogP contribution in [0.4, 0.5) is 13.2 Å². The summed E-state index contributed by atoms with van der Waals surface area (Å²) < 4.78 is 48.3. The topological polar surface area (TPSA) is 55.8 Å². The molecule has 1 heterocycles. The van der Waals surface area contributed by atoms with E-state index in [2.05, 4.69) is 0 Å². The number of carbonyl (C=O) groups is 2. The number of hydrogen-bond donors (Lipinski definition) is 0. The SMILES string of the molecule is CCOC(=O)COc1ccccc1C1SCC(=O)N1CC(F)(F)F. The number of benzene rings is 1. The molecule has 1 aliphatic heterocycles. The normalized spacial score (nSPS) is 17.9. The van der Waals surface area contributed by atoms with Crippen LogP contribution in [0.1, 0.15) is 17.9 Å². The van der Waals surface area contributed by atoms with E-state index in [1.807, 2.05) is 0 Å². The number of thioether (sulfide) groups is 1. The van der Waals surface area contributed by atoms with Gasteiger partial charge in [0.25, 0.3) is 0 Å². The van der Waals surface area contributed by atoms with Crippen LogP contribution in [0.5, 0.6) is 5.75 Å². The fraction of sp³-hybridized carbons (Fsp3) is 0.467. The van der Waals surface area contributed by atoms with E-state index in [-0.39, 0.29) is 24.7 Å². The average molecular weight is 363 g/mol. The number of hydrogen-bond acceptors (Lipinski definition) is 5. The summed E-state index contributed by atoms with van der Waals surface area (Å²) in [5, 5.41) is -0.808. The maximum absolute atomic E-state index is 12.7. The van der Waals surface area contributed by atoms with Crippen LogP contribution in [0.15, 0.2) is 24.3 Å². The summed E-state index contributed by atoms with van der Waals surface area (Å²) in [7, 11) is 0. The molecule has 5 nitrogen and oxygen atoms in total. The molecule has 1 unspecified atom stereocenters. The highest BCUT2D eigenvalue weighted by Gasteiger charge is 2.41. The highest BCUT2D eigenvalue weighted by Crippen LogP contribution is 2.43. The van der Waals surface area contributed by atoms with E-state index in [1.54, 1.807) is 31.2 Å². The van der Waals surface area contributed by atoms with Crippen LogP contribution in [-0.2, 0) is 14.3 Å². The Morgan fingerprint density at radius 3 is 2.75 bits per heavy atom. The first-order valence-corrected chi connectivity index (χ1v) is 8.22. The summed E-state index contributed by atoms with van der Waals surface area (Å²) in [6.07, 6.45) is -4.49. The summed E-state index contributed by atoms with van der Waals surface area (Å²) in [5.74, 6) is -0.936. The lowest BCUT2D eigenvalue weighted by atomic mass is 10.2. The molecule has 24 heavy (non-hydrogen) atoms. The summed E-state index contributed by atoms with van der Waals surface area (Å²) in [6, 6.07) is 6.41. The third kappa shape index (κ3) is 4.80. The number of esters is 1. The fourth-order valence-electron chi connectivity index (χ4n) is 2.23. The zero-order chi connectivity index (χ0) is 17.7. The summed E-state index contributed by atoms with van der Waals surface area (Å²) in [6.45, 7) is 0.184. The zero-order valence-corrected chi connectivity index (χ0v) is 13.7. The van der Waals surface area contributed by atoms with Crippen molar-refractivity contribution in [3.05, 3.63) is 29.8 Å². The highest BCUT2D eigenvalue weighted by atomic mass is 32.2. The highest BCUT2D eigenvalue weighted by molar-refractivity contribution is 8.00. The lowest BCUT2D eigenvalue weighted by Gasteiger charge is -2.26. The number of alkyl halides is 3. The maximum Gasteiger partial charge on any atom is 0.406 e. The van der Waals surface area contributed by atoms with Crippen molar-refractivity contribution < 1.29 is 32.2 Å². The molecule has 0 aliphatic carbocycles. The second kappa shape index (κ2) is 7.78. The molecule has 0 aromatic heterocycles. The summed E-state index contributed by atoms with van der Waals surface area (Å²) in [4.78, 5) is 24.0. The van der Waals surface area contributed by atoms with Crippen molar-refractivity contribution in [2.45, 2.75) is 18.5 Å². The molecule has 132 valence electrons. The van der Waals surface area contributed by atoms with E-state index in [9.17, 15) is 22.8 Å². The van der Waals surface area contributed by atoms with Crippen molar-refractivity contribution in [3.63, 3.8) is 0 Å². The molecule has 1 fully saturated rings. The average Bonchev–Trinajstić information content (AvgIpc) is 2.85. The first-order chi connectivity index (χ1) is 11.3. The number of nitrogens with zero attached hydrogens (tertiary/aromatic N) is 1. The number of para-hydroxylation sites is 1. The van der Waals surface area contributed by atoms with Gasteiger partial charge < -0.3 is 14.4 Å². The van der Waals surface area contributed by atoms with Crippen LogP contribution >= 0.6 is 11.8 Å². The molecule has 0 saturated carbocycles. The van der Waals surface area contributed by atoms with Crippen LogP contribution in [0, 0.1) is 0 Å². The van der Waals surface area contributed by atoms with Gasteiger partial charge in [-0.2, -0.15) is 13.2 Å². The molecule has 1 amide bonds. The van der Waals surface area contributed by atoms with Crippen LogP contribution in [0.2, 0.25) is 0 Å². The Labute approximate surface area is 141 Å². The lowest BCUT2D eigenvalue weighted by molar-refractivity contribution is -0.159. The van der Waals surface area contributed by atoms with Gasteiger partial charge in [0, 0.05) is 5.56 Å². The Hall–Kier alpha value is -1.90. The van der Waals surface area contributed by atoms with E-state index >= 15 is 0 Å². The Morgan fingerprint density at radius 2 is 2.08 bits per heavy atom. The number of rotatable bonds is 6. The molecule has 1 saturated heterocycles. The predicted molar refractivity (Wildman–Crippen MR) is 81.5 cm³/mol. The Morgan fingerprint density at radius 1 is 1.38 bits per heavy atom. The third-order valence-corrected chi connectivity index (χ3v) is 4.39. The van der Waals surface area contributed by atoms with Gasteiger partial charge in [-0.25, -0.2) is 4.79 Å². The number of amides is 1. The van der Waals surface area contributed by atoms with Gasteiger partial charge >= 0.3 is 12.1 Å². The van der Waals surface area contributed by atoms with Gasteiger partial charge in [-0.3, -0.25) is 4.79 Å². The molecular formula is C15H16F3NO4S. The largest absolute Gasteiger partial charge is 0.482 e. The van der Waals surface area contributed by atoms with Gasteiger partial charge in [0.05, 0.1) is 12.4 Å². The second-order valence-electron chi connectivity index (χ2n) is 4.93. The minimum atomic E-state index is -4.49. The van der Waals surface area contributed by atoms with E-state index in [1.165, 1.54) is 0 Å². The van der Waals surface area contributed by atoms with E-state index < -0.39 is 30.0 Å². The first kappa shape index (κ1) is 18.4. The van der Waals surface area contributed by atoms with Crippen LogP contribution in [0.3, 0.4) is 0 Å². The van der Waals surface area contributed by atoms with E-state index in [0.717, 1.165) is 16.7 Å². The number of carbonyl (C=O) groups excluding carboxylic acids is 2. The van der Waals surface area contributed by atoms with Gasteiger partial charge in [0.2, 0.25) is 5.91 Å². The summed E-state index contributed by atoms with van der Waals surface area (Å²) in [5.41, 5.74) is 0.418.